The number of halogens is 2. The van der Waals surface area contributed by atoms with Gasteiger partial charge in [0, 0.05) is 18.6 Å². The summed E-state index contributed by atoms with van der Waals surface area (Å²) in [4.78, 5) is 2.42. The molecule has 0 aliphatic heterocycles. The molecule has 2 nitrogen and oxygen atoms in total. The van der Waals surface area contributed by atoms with Gasteiger partial charge >= 0.3 is 0 Å². The molecule has 1 atom stereocenters. The monoisotopic (exact) mass is 300 g/mol. The van der Waals surface area contributed by atoms with Crippen LogP contribution in [0.4, 0.5) is 0 Å². The smallest absolute Gasteiger partial charge is 0.0595 e. The van der Waals surface area contributed by atoms with Crippen molar-refractivity contribution >= 4 is 23.2 Å². The Morgan fingerprint density at radius 2 is 1.89 bits per heavy atom. The molecule has 0 radical (unpaired) electrons. The molecular weight excluding hydrogens is 279 g/mol. The molecule has 2 N–H and O–H groups in total. The molecular formula is C15H22Cl2N2. The van der Waals surface area contributed by atoms with Crippen molar-refractivity contribution in [3.8, 4) is 0 Å². The maximum atomic E-state index is 6.11. The van der Waals surface area contributed by atoms with Crippen molar-refractivity contribution in [2.24, 2.45) is 5.73 Å². The van der Waals surface area contributed by atoms with Crippen molar-refractivity contribution < 1.29 is 0 Å². The Morgan fingerprint density at radius 3 is 2.47 bits per heavy atom. The molecule has 0 aromatic heterocycles. The molecule has 1 aromatic rings. The normalized spacial score (nSPS) is 18.8. The lowest BCUT2D eigenvalue weighted by molar-refractivity contribution is 0.141. The number of nitrogens with zero attached hydrogens (tertiary/aromatic N) is 1. The second kappa shape index (κ2) is 6.94. The third-order valence-electron chi connectivity index (χ3n) is 4.19. The molecule has 4 heteroatoms. The predicted octanol–water partition coefficient (Wildman–Crippen LogP) is 4.26. The fraction of sp³-hybridized carbons (Fsp3) is 0.600. The van der Waals surface area contributed by atoms with E-state index in [0.29, 0.717) is 22.6 Å². The summed E-state index contributed by atoms with van der Waals surface area (Å²) in [5.74, 6) is 0. The van der Waals surface area contributed by atoms with Gasteiger partial charge in [-0.15, -0.1) is 0 Å². The minimum absolute atomic E-state index is 0.220. The minimum Gasteiger partial charge on any atom is -0.329 e. The average Bonchev–Trinajstić information content (AvgIpc) is 2.44. The lowest BCUT2D eigenvalue weighted by atomic mass is 9.92. The number of nitrogens with two attached hydrogens (primary N) is 1. The van der Waals surface area contributed by atoms with Gasteiger partial charge in [-0.25, -0.2) is 0 Å². The minimum atomic E-state index is 0.220. The first-order valence-corrected chi connectivity index (χ1v) is 7.76. The Balaban J connectivity index is 2.15. The van der Waals surface area contributed by atoms with E-state index in [2.05, 4.69) is 11.9 Å². The second-order valence-corrected chi connectivity index (χ2v) is 6.20. The molecule has 1 fully saturated rings. The number of hydrogen-bond acceptors (Lipinski definition) is 2. The predicted molar refractivity (Wildman–Crippen MR) is 82.9 cm³/mol. The molecule has 1 aliphatic rings. The summed E-state index contributed by atoms with van der Waals surface area (Å²) in [5, 5.41) is 1.20. The SMILES string of the molecule is CN(C1CCCCC1)C(CN)c1ccc(Cl)c(Cl)c1. The molecule has 0 bridgehead atoms. The molecule has 0 amide bonds. The van der Waals surface area contributed by atoms with Gasteiger partial charge in [-0.1, -0.05) is 48.5 Å². The zero-order valence-electron chi connectivity index (χ0n) is 11.4. The van der Waals surface area contributed by atoms with E-state index < -0.39 is 0 Å². The first-order valence-electron chi connectivity index (χ1n) is 7.00. The number of benzene rings is 1. The summed E-state index contributed by atoms with van der Waals surface area (Å²) >= 11 is 12.1. The van der Waals surface area contributed by atoms with Crippen molar-refractivity contribution in [1.82, 2.24) is 4.90 Å². The summed E-state index contributed by atoms with van der Waals surface area (Å²) in [5.41, 5.74) is 7.14. The van der Waals surface area contributed by atoms with Gasteiger partial charge < -0.3 is 5.73 Å². The fourth-order valence-electron chi connectivity index (χ4n) is 3.00. The fourth-order valence-corrected chi connectivity index (χ4v) is 3.31. The third-order valence-corrected chi connectivity index (χ3v) is 4.93. The highest BCUT2D eigenvalue weighted by molar-refractivity contribution is 6.42. The summed E-state index contributed by atoms with van der Waals surface area (Å²) in [6.07, 6.45) is 6.56. The molecule has 19 heavy (non-hydrogen) atoms. The van der Waals surface area contributed by atoms with Crippen LogP contribution in [-0.2, 0) is 0 Å². The number of rotatable bonds is 4. The van der Waals surface area contributed by atoms with Gasteiger partial charge in [0.2, 0.25) is 0 Å². The quantitative estimate of drug-likeness (QED) is 0.900. The molecule has 0 spiro atoms. The Hall–Kier alpha value is -0.280. The van der Waals surface area contributed by atoms with Crippen molar-refractivity contribution in [2.45, 2.75) is 44.2 Å². The summed E-state index contributed by atoms with van der Waals surface area (Å²) < 4.78 is 0. The zero-order valence-corrected chi connectivity index (χ0v) is 12.9. The highest BCUT2D eigenvalue weighted by atomic mass is 35.5. The topological polar surface area (TPSA) is 29.3 Å². The van der Waals surface area contributed by atoms with E-state index in [0.717, 1.165) is 5.56 Å². The van der Waals surface area contributed by atoms with Gasteiger partial charge in [0.05, 0.1) is 10.0 Å². The van der Waals surface area contributed by atoms with Gasteiger partial charge in [-0.3, -0.25) is 4.90 Å². The second-order valence-electron chi connectivity index (χ2n) is 5.38. The van der Waals surface area contributed by atoms with E-state index in [1.165, 1.54) is 32.1 Å². The third kappa shape index (κ3) is 3.63. The van der Waals surface area contributed by atoms with E-state index in [-0.39, 0.29) is 6.04 Å². The van der Waals surface area contributed by atoms with E-state index in [9.17, 15) is 0 Å². The van der Waals surface area contributed by atoms with Gasteiger partial charge in [-0.2, -0.15) is 0 Å². The molecule has 0 heterocycles. The molecule has 1 unspecified atom stereocenters. The van der Waals surface area contributed by atoms with Crippen LogP contribution in [0.15, 0.2) is 18.2 Å². The van der Waals surface area contributed by atoms with E-state index in [4.69, 9.17) is 28.9 Å². The Labute approximate surface area is 125 Å². The summed E-state index contributed by atoms with van der Waals surface area (Å²) in [7, 11) is 2.18. The van der Waals surface area contributed by atoms with Crippen LogP contribution >= 0.6 is 23.2 Å². The van der Waals surface area contributed by atoms with Crippen molar-refractivity contribution in [3.63, 3.8) is 0 Å². The van der Waals surface area contributed by atoms with Crippen LogP contribution in [0.2, 0.25) is 10.0 Å². The van der Waals surface area contributed by atoms with Crippen molar-refractivity contribution in [1.29, 1.82) is 0 Å². The van der Waals surface area contributed by atoms with Crippen LogP contribution in [-0.4, -0.2) is 24.5 Å². The highest BCUT2D eigenvalue weighted by Gasteiger charge is 2.25. The summed E-state index contributed by atoms with van der Waals surface area (Å²) in [6, 6.07) is 6.69. The van der Waals surface area contributed by atoms with E-state index in [1.807, 2.05) is 18.2 Å². The van der Waals surface area contributed by atoms with Gasteiger partial charge in [-0.05, 0) is 37.6 Å². The maximum Gasteiger partial charge on any atom is 0.0595 e. The van der Waals surface area contributed by atoms with E-state index in [1.54, 1.807) is 0 Å². The number of likely N-dealkylation sites (N-methyl/N-ethyl adjacent to an activating group) is 1. The van der Waals surface area contributed by atoms with Crippen molar-refractivity contribution in [2.75, 3.05) is 13.6 Å². The van der Waals surface area contributed by atoms with Crippen LogP contribution in [0.5, 0.6) is 0 Å². The standard InChI is InChI=1S/C15H22Cl2N2/c1-19(12-5-3-2-4-6-12)15(10-18)11-7-8-13(16)14(17)9-11/h7-9,12,15H,2-6,10,18H2,1H3. The van der Waals surface area contributed by atoms with Gasteiger partial charge in [0.25, 0.3) is 0 Å². The van der Waals surface area contributed by atoms with E-state index >= 15 is 0 Å². The van der Waals surface area contributed by atoms with Crippen molar-refractivity contribution in [3.05, 3.63) is 33.8 Å². The Morgan fingerprint density at radius 1 is 1.21 bits per heavy atom. The van der Waals surface area contributed by atoms with Crippen LogP contribution < -0.4 is 5.73 Å². The first kappa shape index (κ1) is 15.1. The number of hydrogen-bond donors (Lipinski definition) is 1. The Kier molecular flexibility index (Phi) is 5.52. The van der Waals surface area contributed by atoms with Crippen LogP contribution in [0.25, 0.3) is 0 Å². The van der Waals surface area contributed by atoms with Crippen LogP contribution in [0.1, 0.15) is 43.7 Å². The molecule has 0 saturated heterocycles. The first-order chi connectivity index (χ1) is 9.13. The lowest BCUT2D eigenvalue weighted by Gasteiger charge is -2.37. The van der Waals surface area contributed by atoms with Crippen LogP contribution in [0, 0.1) is 0 Å². The van der Waals surface area contributed by atoms with Gasteiger partial charge in [0.1, 0.15) is 0 Å². The molecule has 106 valence electrons. The van der Waals surface area contributed by atoms with Gasteiger partial charge in [0.15, 0.2) is 0 Å². The average molecular weight is 301 g/mol. The Bertz CT molecular complexity index is 417. The molecule has 2 rings (SSSR count). The largest absolute Gasteiger partial charge is 0.329 e. The zero-order chi connectivity index (χ0) is 13.8. The molecule has 1 aromatic carbocycles. The van der Waals surface area contributed by atoms with Crippen LogP contribution in [0.3, 0.4) is 0 Å². The lowest BCUT2D eigenvalue weighted by Crippen LogP contribution is -2.39. The molecule has 1 aliphatic carbocycles. The summed E-state index contributed by atoms with van der Waals surface area (Å²) in [6.45, 7) is 0.602. The molecule has 1 saturated carbocycles. The highest BCUT2D eigenvalue weighted by Crippen LogP contribution is 2.31. The maximum absolute atomic E-state index is 6.11.